The topological polar surface area (TPSA) is 88.1 Å². The van der Waals surface area contributed by atoms with Crippen LogP contribution in [0.4, 0.5) is 0 Å². The Morgan fingerprint density at radius 3 is 1.00 bits per heavy atom. The van der Waals surface area contributed by atoms with E-state index in [4.69, 9.17) is 16.5 Å². The van der Waals surface area contributed by atoms with E-state index in [-0.39, 0.29) is 0 Å². The minimum atomic E-state index is -2.77. The summed E-state index contributed by atoms with van der Waals surface area (Å²) < 4.78 is 63.9. The van der Waals surface area contributed by atoms with Crippen molar-refractivity contribution < 1.29 is 29.8 Å². The summed E-state index contributed by atoms with van der Waals surface area (Å²) in [7, 11) is -17.2. The monoisotopic (exact) mass is 598 g/mol. The van der Waals surface area contributed by atoms with Crippen LogP contribution in [0.2, 0.25) is 114 Å². The summed E-state index contributed by atoms with van der Waals surface area (Å²) in [5.41, 5.74) is 0. The second kappa shape index (κ2) is 12.5. The highest BCUT2D eigenvalue weighted by Gasteiger charge is 2.56. The molecule has 2 atom stereocenters. The van der Waals surface area contributed by atoms with Crippen molar-refractivity contribution in [2.45, 2.75) is 114 Å². The lowest BCUT2D eigenvalue weighted by molar-refractivity contribution is 0.225. The molecule has 0 bridgehead atoms. The predicted octanol–water partition coefficient (Wildman–Crippen LogP) is 5.85. The van der Waals surface area contributed by atoms with Crippen LogP contribution in [0.1, 0.15) is 0 Å². The first-order chi connectivity index (χ1) is 14.8. The molecule has 1 heterocycles. The largest absolute Gasteiger partial charge is 0.416 e. The third kappa shape index (κ3) is 12.7. The van der Waals surface area contributed by atoms with Crippen LogP contribution < -0.4 is 0 Å². The van der Waals surface area contributed by atoms with Crippen molar-refractivity contribution in [2.24, 2.45) is 0 Å². The fraction of sp³-hybridized carbons (Fsp3) is 1.00. The fourth-order valence-corrected chi connectivity index (χ4v) is 38.7. The third-order valence-corrected chi connectivity index (χ3v) is 30.9. The molecule has 1 fully saturated rings. The second-order valence-corrected chi connectivity index (χ2v) is 37.3. The number of hydrogen-bond acceptors (Lipinski definition) is 7. The van der Waals surface area contributed by atoms with Gasteiger partial charge in [0.25, 0.3) is 26.0 Å². The van der Waals surface area contributed by atoms with Crippen molar-refractivity contribution in [3.05, 3.63) is 0 Å². The van der Waals surface area contributed by atoms with Gasteiger partial charge in [-0.05, 0) is 88.1 Å². The fourth-order valence-electron chi connectivity index (χ4n) is 4.13. The highest BCUT2D eigenvalue weighted by Crippen LogP contribution is 2.39. The maximum Gasteiger partial charge on any atom is 0.317 e. The molecule has 0 saturated carbocycles. The van der Waals surface area contributed by atoms with Gasteiger partial charge >= 0.3 is 34.2 Å². The minimum Gasteiger partial charge on any atom is -0.416 e. The molecule has 0 aromatic rings. The van der Waals surface area contributed by atoms with E-state index in [9.17, 15) is 13.4 Å². The molecule has 2 unspecified atom stereocenters. The van der Waals surface area contributed by atoms with Crippen LogP contribution in [0.5, 0.6) is 0 Å². The van der Waals surface area contributed by atoms with Crippen LogP contribution in [-0.2, 0) is 29.8 Å². The van der Waals surface area contributed by atoms with Gasteiger partial charge in [0.15, 0.2) is 0 Å². The number of rotatable bonds is 12. The second-order valence-electron chi connectivity index (χ2n) is 11.6. The maximum absolute atomic E-state index is 12.0. The Morgan fingerprint density at radius 1 is 0.545 bits per heavy atom. The van der Waals surface area contributed by atoms with Crippen LogP contribution in [0.3, 0.4) is 0 Å². The lowest BCUT2D eigenvalue weighted by Crippen LogP contribution is -2.67. The molecule has 0 amide bonds. The van der Waals surface area contributed by atoms with Gasteiger partial charge in [-0.1, -0.05) is 25.7 Å². The van der Waals surface area contributed by atoms with Crippen LogP contribution >= 0.6 is 0 Å². The van der Waals surface area contributed by atoms with E-state index in [0.717, 1.165) is 12.1 Å². The molecular formula is C18H46O7Si8. The van der Waals surface area contributed by atoms with Gasteiger partial charge in [0.2, 0.25) is 0 Å². The van der Waals surface area contributed by atoms with Crippen molar-refractivity contribution in [3.8, 4) is 0 Å². The predicted molar refractivity (Wildman–Crippen MR) is 150 cm³/mol. The van der Waals surface area contributed by atoms with Crippen molar-refractivity contribution in [3.63, 3.8) is 0 Å². The van der Waals surface area contributed by atoms with E-state index < -0.39 is 68.4 Å². The first kappa shape index (κ1) is 32.0. The SMILES string of the molecule is C[Si](=O)CC[Si]1(C)O[Si](C)(CC[Si](C)=O)O[Si](C)(CC[Si](C)(C)C)O[Si](C)(CC[Si](C)=O)O1. The molecule has 0 aromatic heterocycles. The zero-order valence-electron chi connectivity index (χ0n) is 22.5. The maximum atomic E-state index is 12.0. The standard InChI is InChI=1S/C18H46O7Si8/c1-26(19)11-14-30(7)22-31(8,15-12-27(2)20)24-33(10,18-17-29(4,5)6)25-32(9,23-30)16-13-28(3)21/h11-18H2,1-10H3. The van der Waals surface area contributed by atoms with Gasteiger partial charge < -0.3 is 29.8 Å². The summed E-state index contributed by atoms with van der Waals surface area (Å²) in [6.45, 7) is 20.8. The first-order valence-electron chi connectivity index (χ1n) is 12.1. The molecule has 15 heteroatoms. The molecule has 0 spiro atoms. The summed E-state index contributed by atoms with van der Waals surface area (Å²) in [4.78, 5) is 0. The van der Waals surface area contributed by atoms with Crippen molar-refractivity contribution in [1.82, 2.24) is 0 Å². The van der Waals surface area contributed by atoms with Crippen LogP contribution in [0.25, 0.3) is 0 Å². The molecule has 0 radical (unpaired) electrons. The van der Waals surface area contributed by atoms with Crippen LogP contribution in [0, 0.1) is 0 Å². The lowest BCUT2D eigenvalue weighted by Gasteiger charge is -2.50. The molecule has 0 N–H and O–H groups in total. The summed E-state index contributed by atoms with van der Waals surface area (Å²) in [6, 6.07) is 5.75. The van der Waals surface area contributed by atoms with Crippen LogP contribution in [-0.4, -0.2) is 68.4 Å². The van der Waals surface area contributed by atoms with Gasteiger partial charge in [-0.2, -0.15) is 0 Å². The van der Waals surface area contributed by atoms with Gasteiger partial charge in [-0.15, -0.1) is 0 Å². The normalized spacial score (nSPS) is 33.3. The molecule has 0 aliphatic carbocycles. The Bertz CT molecular complexity index is 695. The smallest absolute Gasteiger partial charge is 0.317 e. The summed E-state index contributed by atoms with van der Waals surface area (Å²) >= 11 is 0. The average molecular weight is 599 g/mol. The molecule has 1 saturated heterocycles. The van der Waals surface area contributed by atoms with E-state index in [0.29, 0.717) is 36.3 Å². The molecule has 33 heavy (non-hydrogen) atoms. The van der Waals surface area contributed by atoms with E-state index in [1.54, 1.807) is 19.6 Å². The van der Waals surface area contributed by atoms with Crippen molar-refractivity contribution in [1.29, 1.82) is 0 Å². The molecule has 7 nitrogen and oxygen atoms in total. The van der Waals surface area contributed by atoms with Crippen molar-refractivity contribution >= 4 is 68.4 Å². The molecule has 1 aliphatic heterocycles. The lowest BCUT2D eigenvalue weighted by atomic mass is 10.9. The zero-order valence-corrected chi connectivity index (χ0v) is 30.5. The highest BCUT2D eigenvalue weighted by atomic mass is 28.5. The highest BCUT2D eigenvalue weighted by molar-refractivity contribution is 6.94. The van der Waals surface area contributed by atoms with E-state index in [2.05, 4.69) is 45.8 Å². The summed E-state index contributed by atoms with van der Waals surface area (Å²) in [5.74, 6) is 0. The Kier molecular flexibility index (Phi) is 12.1. The Hall–Kier alpha value is 0.975. The zero-order chi connectivity index (χ0) is 25.7. The number of hydrogen-bond donors (Lipinski definition) is 0. The van der Waals surface area contributed by atoms with E-state index in [1.165, 1.54) is 0 Å². The Morgan fingerprint density at radius 2 is 0.788 bits per heavy atom. The molecular weight excluding hydrogens is 553 g/mol. The minimum absolute atomic E-state index is 0.585. The Labute approximate surface area is 211 Å². The van der Waals surface area contributed by atoms with Gasteiger partial charge in [-0.3, -0.25) is 0 Å². The van der Waals surface area contributed by atoms with E-state index >= 15 is 0 Å². The van der Waals surface area contributed by atoms with Crippen molar-refractivity contribution in [2.75, 3.05) is 0 Å². The Balaban J connectivity index is 3.41. The summed E-state index contributed by atoms with van der Waals surface area (Å²) in [6.07, 6.45) is 0. The first-order valence-corrected chi connectivity index (χ1v) is 32.2. The van der Waals surface area contributed by atoms with Crippen LogP contribution in [0.15, 0.2) is 0 Å². The van der Waals surface area contributed by atoms with Gasteiger partial charge in [0.1, 0.15) is 0 Å². The molecule has 1 rings (SSSR count). The van der Waals surface area contributed by atoms with Gasteiger partial charge in [-0.25, -0.2) is 0 Å². The molecule has 0 aromatic carbocycles. The quantitative estimate of drug-likeness (QED) is 0.260. The average Bonchev–Trinajstić information content (AvgIpc) is 2.60. The third-order valence-electron chi connectivity index (χ3n) is 5.85. The molecule has 192 valence electrons. The van der Waals surface area contributed by atoms with Gasteiger partial charge in [0, 0.05) is 8.07 Å². The molecule has 1 aliphatic rings. The summed E-state index contributed by atoms with van der Waals surface area (Å²) in [5, 5.41) is 0. The van der Waals surface area contributed by atoms with E-state index in [1.807, 2.05) is 0 Å². The van der Waals surface area contributed by atoms with Gasteiger partial charge in [0.05, 0.1) is 0 Å².